The molecule has 4 nitrogen and oxygen atoms in total. The highest BCUT2D eigenvalue weighted by atomic mass is 16.2. The minimum atomic E-state index is 0.413. The third-order valence-corrected chi connectivity index (χ3v) is 6.37. The number of hydrogen-bond donors (Lipinski definition) is 1. The normalized spacial score (nSPS) is 26.6. The fourth-order valence-electron chi connectivity index (χ4n) is 4.68. The van der Waals surface area contributed by atoms with Crippen LogP contribution in [-0.2, 0) is 4.79 Å². The van der Waals surface area contributed by atoms with E-state index in [1.165, 1.54) is 58.2 Å². The predicted octanol–water partition coefficient (Wildman–Crippen LogP) is 2.35. The molecular weight excluding hydrogens is 286 g/mol. The number of carbonyl (C=O) groups excluding carboxylic acids is 1. The van der Waals surface area contributed by atoms with Gasteiger partial charge in [0.15, 0.2) is 0 Å². The molecule has 0 aromatic rings. The van der Waals surface area contributed by atoms with Crippen molar-refractivity contribution in [3.63, 3.8) is 0 Å². The maximum Gasteiger partial charge on any atom is 0.222 e. The molecule has 3 saturated heterocycles. The molecule has 3 aliphatic heterocycles. The van der Waals surface area contributed by atoms with Crippen LogP contribution in [0.25, 0.3) is 0 Å². The Balaban J connectivity index is 1.37. The molecule has 3 heterocycles. The molecule has 0 radical (unpaired) electrons. The van der Waals surface area contributed by atoms with E-state index in [1.807, 2.05) is 0 Å². The highest BCUT2D eigenvalue weighted by molar-refractivity contribution is 5.76. The minimum absolute atomic E-state index is 0.413. The van der Waals surface area contributed by atoms with E-state index in [4.69, 9.17) is 0 Å². The van der Waals surface area contributed by atoms with Gasteiger partial charge in [0.25, 0.3) is 0 Å². The lowest BCUT2D eigenvalue weighted by atomic mass is 9.83. The lowest BCUT2D eigenvalue weighted by Gasteiger charge is -2.35. The van der Waals surface area contributed by atoms with Crippen LogP contribution < -0.4 is 5.32 Å². The molecule has 3 rings (SSSR count). The third-order valence-electron chi connectivity index (χ3n) is 6.37. The molecule has 0 bridgehead atoms. The second kappa shape index (κ2) is 8.48. The van der Waals surface area contributed by atoms with Gasteiger partial charge in [-0.15, -0.1) is 0 Å². The average molecular weight is 322 g/mol. The van der Waals surface area contributed by atoms with E-state index < -0.39 is 0 Å². The maximum absolute atomic E-state index is 12.6. The van der Waals surface area contributed by atoms with Gasteiger partial charge >= 0.3 is 0 Å². The number of rotatable bonds is 5. The zero-order valence-electron chi connectivity index (χ0n) is 14.9. The topological polar surface area (TPSA) is 35.6 Å². The first-order valence-electron chi connectivity index (χ1n) is 9.93. The molecule has 0 aliphatic carbocycles. The molecule has 132 valence electrons. The standard InChI is InChI=1S/C19H35N3O/c1-16(18-4-8-20-9-5-18)14-19(23)22-12-6-17(7-13-22)15-21-10-2-3-11-21/h16-18,20H,2-15H2,1H3. The Labute approximate surface area is 142 Å². The Morgan fingerprint density at radius 3 is 2.35 bits per heavy atom. The average Bonchev–Trinajstić information content (AvgIpc) is 3.09. The van der Waals surface area contributed by atoms with Gasteiger partial charge < -0.3 is 15.1 Å². The number of carbonyl (C=O) groups is 1. The molecule has 4 heteroatoms. The molecule has 0 spiro atoms. The summed E-state index contributed by atoms with van der Waals surface area (Å²) in [5.74, 6) is 2.52. The summed E-state index contributed by atoms with van der Waals surface area (Å²) < 4.78 is 0. The van der Waals surface area contributed by atoms with Crippen LogP contribution in [0.3, 0.4) is 0 Å². The van der Waals surface area contributed by atoms with Crippen molar-refractivity contribution in [2.24, 2.45) is 17.8 Å². The van der Waals surface area contributed by atoms with Crippen LogP contribution in [0.1, 0.15) is 51.9 Å². The van der Waals surface area contributed by atoms with Crippen molar-refractivity contribution in [3.05, 3.63) is 0 Å². The van der Waals surface area contributed by atoms with Gasteiger partial charge in [0.2, 0.25) is 5.91 Å². The van der Waals surface area contributed by atoms with Gasteiger partial charge in [-0.3, -0.25) is 4.79 Å². The van der Waals surface area contributed by atoms with Crippen LogP contribution in [0.5, 0.6) is 0 Å². The van der Waals surface area contributed by atoms with Crippen LogP contribution in [0, 0.1) is 17.8 Å². The molecule has 1 unspecified atom stereocenters. The summed E-state index contributed by atoms with van der Waals surface area (Å²) in [6.45, 7) is 10.4. The van der Waals surface area contributed by atoms with Crippen molar-refractivity contribution in [1.82, 2.24) is 15.1 Å². The monoisotopic (exact) mass is 321 g/mol. The van der Waals surface area contributed by atoms with Crippen molar-refractivity contribution >= 4 is 5.91 Å². The summed E-state index contributed by atoms with van der Waals surface area (Å²) in [4.78, 5) is 17.4. The van der Waals surface area contributed by atoms with E-state index in [2.05, 4.69) is 22.0 Å². The molecule has 3 fully saturated rings. The van der Waals surface area contributed by atoms with Gasteiger partial charge in [-0.25, -0.2) is 0 Å². The molecule has 0 aromatic carbocycles. The maximum atomic E-state index is 12.6. The van der Waals surface area contributed by atoms with Crippen LogP contribution in [0.2, 0.25) is 0 Å². The van der Waals surface area contributed by atoms with Gasteiger partial charge in [-0.1, -0.05) is 6.92 Å². The number of piperidine rings is 2. The van der Waals surface area contributed by atoms with E-state index in [0.717, 1.165) is 44.4 Å². The zero-order chi connectivity index (χ0) is 16.1. The quantitative estimate of drug-likeness (QED) is 0.844. The highest BCUT2D eigenvalue weighted by Gasteiger charge is 2.28. The minimum Gasteiger partial charge on any atom is -0.343 e. The number of hydrogen-bond acceptors (Lipinski definition) is 3. The van der Waals surface area contributed by atoms with Crippen LogP contribution >= 0.6 is 0 Å². The second-order valence-electron chi connectivity index (χ2n) is 8.10. The molecule has 1 atom stereocenters. The zero-order valence-corrected chi connectivity index (χ0v) is 14.9. The lowest BCUT2D eigenvalue weighted by Crippen LogP contribution is -2.42. The van der Waals surface area contributed by atoms with Crippen LogP contribution in [0.15, 0.2) is 0 Å². The van der Waals surface area contributed by atoms with E-state index >= 15 is 0 Å². The van der Waals surface area contributed by atoms with Crippen molar-refractivity contribution in [1.29, 1.82) is 0 Å². The number of amides is 1. The van der Waals surface area contributed by atoms with E-state index in [9.17, 15) is 4.79 Å². The van der Waals surface area contributed by atoms with E-state index in [1.54, 1.807) is 0 Å². The molecule has 23 heavy (non-hydrogen) atoms. The van der Waals surface area contributed by atoms with Gasteiger partial charge in [0.05, 0.1) is 0 Å². The van der Waals surface area contributed by atoms with Crippen molar-refractivity contribution in [2.45, 2.75) is 51.9 Å². The van der Waals surface area contributed by atoms with Crippen LogP contribution in [-0.4, -0.2) is 61.5 Å². The van der Waals surface area contributed by atoms with Crippen LogP contribution in [0.4, 0.5) is 0 Å². The van der Waals surface area contributed by atoms with Gasteiger partial charge in [0.1, 0.15) is 0 Å². The summed E-state index contributed by atoms with van der Waals surface area (Å²) in [7, 11) is 0. The molecular formula is C19H35N3O. The van der Waals surface area contributed by atoms with Gasteiger partial charge in [-0.05, 0) is 82.5 Å². The Morgan fingerprint density at radius 1 is 1.04 bits per heavy atom. The Kier molecular flexibility index (Phi) is 6.35. The Bertz CT molecular complexity index is 367. The fraction of sp³-hybridized carbons (Fsp3) is 0.947. The van der Waals surface area contributed by atoms with E-state index in [0.29, 0.717) is 11.8 Å². The fourth-order valence-corrected chi connectivity index (χ4v) is 4.68. The first kappa shape index (κ1) is 17.2. The highest BCUT2D eigenvalue weighted by Crippen LogP contribution is 2.26. The number of nitrogens with one attached hydrogen (secondary N) is 1. The largest absolute Gasteiger partial charge is 0.343 e. The molecule has 0 aromatic heterocycles. The van der Waals surface area contributed by atoms with E-state index in [-0.39, 0.29) is 0 Å². The summed E-state index contributed by atoms with van der Waals surface area (Å²) in [6.07, 6.45) is 8.44. The van der Waals surface area contributed by atoms with Gasteiger partial charge in [0, 0.05) is 26.1 Å². The Hall–Kier alpha value is -0.610. The predicted molar refractivity (Wildman–Crippen MR) is 94.4 cm³/mol. The SMILES string of the molecule is CC(CC(=O)N1CCC(CN2CCCC2)CC1)C1CCNCC1. The number of nitrogens with zero attached hydrogens (tertiary/aromatic N) is 2. The van der Waals surface area contributed by atoms with Crippen molar-refractivity contribution in [2.75, 3.05) is 45.8 Å². The van der Waals surface area contributed by atoms with Crippen molar-refractivity contribution < 1.29 is 4.79 Å². The van der Waals surface area contributed by atoms with Crippen molar-refractivity contribution in [3.8, 4) is 0 Å². The second-order valence-corrected chi connectivity index (χ2v) is 8.10. The Morgan fingerprint density at radius 2 is 1.70 bits per heavy atom. The first-order valence-corrected chi connectivity index (χ1v) is 9.93. The smallest absolute Gasteiger partial charge is 0.222 e. The lowest BCUT2D eigenvalue weighted by molar-refractivity contribution is -0.134. The molecule has 0 saturated carbocycles. The summed E-state index contributed by atoms with van der Waals surface area (Å²) in [5, 5.41) is 3.42. The number of likely N-dealkylation sites (tertiary alicyclic amines) is 2. The summed E-state index contributed by atoms with van der Waals surface area (Å²) in [5.41, 5.74) is 0. The summed E-state index contributed by atoms with van der Waals surface area (Å²) >= 11 is 0. The van der Waals surface area contributed by atoms with Gasteiger partial charge in [-0.2, -0.15) is 0 Å². The first-order chi connectivity index (χ1) is 11.2. The summed E-state index contributed by atoms with van der Waals surface area (Å²) in [6, 6.07) is 0. The molecule has 3 aliphatic rings. The third kappa shape index (κ3) is 4.93. The molecule has 1 amide bonds. The molecule has 1 N–H and O–H groups in total.